The fourth-order valence-electron chi connectivity index (χ4n) is 3.11. The molecule has 7 heteroatoms. The molecule has 1 aliphatic heterocycles. The lowest BCUT2D eigenvalue weighted by Crippen LogP contribution is -2.25. The first kappa shape index (κ1) is 17.5. The van der Waals surface area contributed by atoms with Gasteiger partial charge in [-0.15, -0.1) is 0 Å². The molecule has 0 spiro atoms. The predicted octanol–water partition coefficient (Wildman–Crippen LogP) is 4.22. The molecule has 1 saturated heterocycles. The van der Waals surface area contributed by atoms with Gasteiger partial charge in [-0.25, -0.2) is 0 Å². The molecule has 1 aromatic heterocycles. The number of aromatic amines is 1. The molecule has 3 aromatic rings. The van der Waals surface area contributed by atoms with Crippen molar-refractivity contribution in [1.82, 2.24) is 10.2 Å². The van der Waals surface area contributed by atoms with E-state index >= 15 is 0 Å². The van der Waals surface area contributed by atoms with E-state index in [9.17, 15) is 9.59 Å². The minimum absolute atomic E-state index is 0.0794. The Labute approximate surface area is 164 Å². The molecule has 0 bridgehead atoms. The number of hydrogen-bond donors (Lipinski definition) is 2. The summed E-state index contributed by atoms with van der Waals surface area (Å²) in [6.45, 7) is 0.670. The SMILES string of the molecule is O=C(Nc1ccccc1N1CCCC1=O)c1cc(-c2ccc(Br)cc2)n[nH]1. The quantitative estimate of drug-likeness (QED) is 0.657. The van der Waals surface area contributed by atoms with Gasteiger partial charge in [0.2, 0.25) is 5.91 Å². The van der Waals surface area contributed by atoms with E-state index in [0.29, 0.717) is 30.0 Å². The van der Waals surface area contributed by atoms with E-state index in [4.69, 9.17) is 0 Å². The first-order chi connectivity index (χ1) is 13.1. The van der Waals surface area contributed by atoms with Crippen LogP contribution in [0.3, 0.4) is 0 Å². The number of rotatable bonds is 4. The predicted molar refractivity (Wildman–Crippen MR) is 108 cm³/mol. The van der Waals surface area contributed by atoms with Gasteiger partial charge >= 0.3 is 0 Å². The van der Waals surface area contributed by atoms with Crippen LogP contribution in [0.5, 0.6) is 0 Å². The van der Waals surface area contributed by atoms with Crippen molar-refractivity contribution in [3.05, 3.63) is 64.8 Å². The maximum absolute atomic E-state index is 12.7. The second kappa shape index (κ2) is 7.36. The molecule has 0 atom stereocenters. The molecule has 4 rings (SSSR count). The molecule has 2 heterocycles. The number of para-hydroxylation sites is 2. The van der Waals surface area contributed by atoms with Crippen molar-refractivity contribution in [3.63, 3.8) is 0 Å². The number of carbonyl (C=O) groups excluding carboxylic acids is 2. The minimum atomic E-state index is -0.301. The number of anilines is 2. The van der Waals surface area contributed by atoms with Crippen LogP contribution in [0.4, 0.5) is 11.4 Å². The average Bonchev–Trinajstić information content (AvgIpc) is 3.32. The Bertz CT molecular complexity index is 997. The smallest absolute Gasteiger partial charge is 0.273 e. The Kier molecular flexibility index (Phi) is 4.77. The number of H-pyrrole nitrogens is 1. The monoisotopic (exact) mass is 424 g/mol. The number of aromatic nitrogens is 2. The van der Waals surface area contributed by atoms with Crippen molar-refractivity contribution in [2.45, 2.75) is 12.8 Å². The summed E-state index contributed by atoms with van der Waals surface area (Å²) < 4.78 is 0.979. The molecule has 1 fully saturated rings. The van der Waals surface area contributed by atoms with Gasteiger partial charge in [0, 0.05) is 23.0 Å². The van der Waals surface area contributed by atoms with E-state index in [1.807, 2.05) is 42.5 Å². The van der Waals surface area contributed by atoms with Crippen LogP contribution in [0.1, 0.15) is 23.3 Å². The summed E-state index contributed by atoms with van der Waals surface area (Å²) in [6, 6.07) is 16.7. The number of nitrogens with zero attached hydrogens (tertiary/aromatic N) is 2. The second-order valence-electron chi connectivity index (χ2n) is 6.29. The van der Waals surface area contributed by atoms with Gasteiger partial charge in [0.25, 0.3) is 5.91 Å². The molecule has 2 N–H and O–H groups in total. The van der Waals surface area contributed by atoms with Crippen molar-refractivity contribution in [2.24, 2.45) is 0 Å². The third-order valence-electron chi connectivity index (χ3n) is 4.48. The summed E-state index contributed by atoms with van der Waals surface area (Å²) in [6.07, 6.45) is 1.37. The number of halogens is 1. The standard InChI is InChI=1S/C20H17BrN4O2/c21-14-9-7-13(8-10-14)16-12-17(24-23-16)20(27)22-15-4-1-2-5-18(15)25-11-3-6-19(25)26/h1-2,4-5,7-10,12H,3,6,11H2,(H,22,27)(H,23,24). The van der Waals surface area contributed by atoms with E-state index in [1.54, 1.807) is 17.0 Å². The minimum Gasteiger partial charge on any atom is -0.319 e. The van der Waals surface area contributed by atoms with Crippen molar-refractivity contribution in [3.8, 4) is 11.3 Å². The fraction of sp³-hybridized carbons (Fsp3) is 0.150. The van der Waals surface area contributed by atoms with Crippen LogP contribution in [0.25, 0.3) is 11.3 Å². The summed E-state index contributed by atoms with van der Waals surface area (Å²) in [5.74, 6) is -0.222. The summed E-state index contributed by atoms with van der Waals surface area (Å²) in [5, 5.41) is 9.89. The van der Waals surface area contributed by atoms with Crippen LogP contribution >= 0.6 is 15.9 Å². The zero-order valence-electron chi connectivity index (χ0n) is 14.4. The molecular weight excluding hydrogens is 408 g/mol. The third-order valence-corrected chi connectivity index (χ3v) is 5.01. The Balaban J connectivity index is 1.55. The fourth-order valence-corrected chi connectivity index (χ4v) is 3.38. The number of hydrogen-bond acceptors (Lipinski definition) is 3. The lowest BCUT2D eigenvalue weighted by molar-refractivity contribution is -0.117. The van der Waals surface area contributed by atoms with Crippen molar-refractivity contribution < 1.29 is 9.59 Å². The lowest BCUT2D eigenvalue weighted by atomic mass is 10.1. The Morgan fingerprint density at radius 2 is 1.93 bits per heavy atom. The van der Waals surface area contributed by atoms with Gasteiger partial charge in [0.1, 0.15) is 5.69 Å². The van der Waals surface area contributed by atoms with Crippen molar-refractivity contribution in [1.29, 1.82) is 0 Å². The molecule has 1 aliphatic rings. The zero-order chi connectivity index (χ0) is 18.8. The van der Waals surface area contributed by atoms with Crippen molar-refractivity contribution >= 4 is 39.1 Å². The highest BCUT2D eigenvalue weighted by Crippen LogP contribution is 2.30. The topological polar surface area (TPSA) is 78.1 Å². The maximum Gasteiger partial charge on any atom is 0.273 e. The first-order valence-corrected chi connectivity index (χ1v) is 9.43. The van der Waals surface area contributed by atoms with E-state index in [-0.39, 0.29) is 11.8 Å². The molecule has 0 unspecified atom stereocenters. The molecular formula is C20H17BrN4O2. The average molecular weight is 425 g/mol. The largest absolute Gasteiger partial charge is 0.319 e. The Morgan fingerprint density at radius 3 is 2.67 bits per heavy atom. The zero-order valence-corrected chi connectivity index (χ0v) is 16.0. The number of amides is 2. The van der Waals surface area contributed by atoms with Gasteiger partial charge in [-0.2, -0.15) is 5.10 Å². The van der Waals surface area contributed by atoms with Gasteiger partial charge in [-0.05, 0) is 36.8 Å². The van der Waals surface area contributed by atoms with Crippen LogP contribution in [0.15, 0.2) is 59.1 Å². The van der Waals surface area contributed by atoms with Crippen LogP contribution in [-0.2, 0) is 4.79 Å². The number of carbonyl (C=O) groups is 2. The van der Waals surface area contributed by atoms with E-state index in [0.717, 1.165) is 22.1 Å². The third kappa shape index (κ3) is 3.64. The molecule has 0 radical (unpaired) electrons. The van der Waals surface area contributed by atoms with Gasteiger partial charge < -0.3 is 10.2 Å². The van der Waals surface area contributed by atoms with E-state index in [2.05, 4.69) is 31.4 Å². The van der Waals surface area contributed by atoms with Crippen LogP contribution in [0.2, 0.25) is 0 Å². The lowest BCUT2D eigenvalue weighted by Gasteiger charge is -2.19. The van der Waals surface area contributed by atoms with E-state index in [1.165, 1.54) is 0 Å². The van der Waals surface area contributed by atoms with Crippen LogP contribution < -0.4 is 10.2 Å². The molecule has 0 aliphatic carbocycles. The van der Waals surface area contributed by atoms with Crippen LogP contribution in [-0.4, -0.2) is 28.6 Å². The summed E-state index contributed by atoms with van der Waals surface area (Å²) >= 11 is 3.40. The second-order valence-corrected chi connectivity index (χ2v) is 7.21. The molecule has 2 aromatic carbocycles. The number of benzene rings is 2. The van der Waals surface area contributed by atoms with Gasteiger partial charge in [0.15, 0.2) is 0 Å². The molecule has 2 amide bonds. The number of nitrogens with one attached hydrogen (secondary N) is 2. The summed E-state index contributed by atoms with van der Waals surface area (Å²) in [4.78, 5) is 26.4. The van der Waals surface area contributed by atoms with Gasteiger partial charge in [-0.3, -0.25) is 14.7 Å². The van der Waals surface area contributed by atoms with Crippen molar-refractivity contribution in [2.75, 3.05) is 16.8 Å². The van der Waals surface area contributed by atoms with Gasteiger partial charge in [0.05, 0.1) is 17.1 Å². The summed E-state index contributed by atoms with van der Waals surface area (Å²) in [7, 11) is 0. The normalized spacial score (nSPS) is 13.8. The Hall–Kier alpha value is -2.93. The van der Waals surface area contributed by atoms with Crippen LogP contribution in [0, 0.1) is 0 Å². The van der Waals surface area contributed by atoms with Gasteiger partial charge in [-0.1, -0.05) is 40.2 Å². The molecule has 6 nitrogen and oxygen atoms in total. The summed E-state index contributed by atoms with van der Waals surface area (Å²) in [5.41, 5.74) is 3.29. The Morgan fingerprint density at radius 1 is 1.15 bits per heavy atom. The maximum atomic E-state index is 12.7. The highest BCUT2D eigenvalue weighted by Gasteiger charge is 2.24. The van der Waals surface area contributed by atoms with E-state index < -0.39 is 0 Å². The first-order valence-electron chi connectivity index (χ1n) is 8.64. The molecule has 0 saturated carbocycles. The molecule has 27 heavy (non-hydrogen) atoms. The highest BCUT2D eigenvalue weighted by atomic mass is 79.9. The highest BCUT2D eigenvalue weighted by molar-refractivity contribution is 9.10. The molecule has 136 valence electrons.